The Hall–Kier alpha value is -1.28. The highest BCUT2D eigenvalue weighted by molar-refractivity contribution is 5.85. The zero-order valence-electron chi connectivity index (χ0n) is 14.6. The number of hydrogen-bond donors (Lipinski definition) is 0. The molecule has 2 aromatic rings. The van der Waals surface area contributed by atoms with Gasteiger partial charge in [-0.05, 0) is 69.8 Å². The molecular weight excluding hydrogens is 268 g/mol. The maximum atomic E-state index is 2.62. The highest BCUT2D eigenvalue weighted by Gasteiger charge is 2.26. The lowest BCUT2D eigenvalue weighted by Gasteiger charge is -2.27. The number of rotatable bonds is 5. The molecular formula is C20H30N2. The smallest absolute Gasteiger partial charge is 0.0485 e. The summed E-state index contributed by atoms with van der Waals surface area (Å²) in [4.78, 5) is 2.28. The lowest BCUT2D eigenvalue weighted by molar-refractivity contribution is 0.336. The second-order valence-corrected chi connectivity index (χ2v) is 7.50. The Bertz CT molecular complexity index is 636. The SMILES string of the molecule is CC(C)C1CCc2c(c3ccccc3n2CCCN(C)C)C1. The van der Waals surface area contributed by atoms with Crippen LogP contribution in [0.3, 0.4) is 0 Å². The van der Waals surface area contributed by atoms with Crippen molar-refractivity contribution in [3.05, 3.63) is 35.5 Å². The van der Waals surface area contributed by atoms with Gasteiger partial charge in [0.15, 0.2) is 0 Å². The maximum Gasteiger partial charge on any atom is 0.0485 e. The Kier molecular flexibility index (Phi) is 4.58. The van der Waals surface area contributed by atoms with Crippen LogP contribution in [0.4, 0.5) is 0 Å². The van der Waals surface area contributed by atoms with Crippen molar-refractivity contribution in [2.45, 2.75) is 46.1 Å². The van der Waals surface area contributed by atoms with Gasteiger partial charge in [-0.15, -0.1) is 0 Å². The van der Waals surface area contributed by atoms with Gasteiger partial charge in [0.05, 0.1) is 0 Å². The average molecular weight is 298 g/mol. The molecule has 0 saturated heterocycles. The molecule has 0 spiro atoms. The fourth-order valence-electron chi connectivity index (χ4n) is 4.00. The molecule has 1 aliphatic carbocycles. The molecule has 0 amide bonds. The molecule has 1 atom stereocenters. The standard InChI is InChI=1S/C20H30N2/c1-15(2)16-10-11-20-18(14-16)17-8-5-6-9-19(17)22(20)13-7-12-21(3)4/h5-6,8-9,15-16H,7,10-14H2,1-4H3. The molecule has 1 aromatic heterocycles. The maximum absolute atomic E-state index is 2.62. The van der Waals surface area contributed by atoms with Gasteiger partial charge in [0.1, 0.15) is 0 Å². The van der Waals surface area contributed by atoms with E-state index in [-0.39, 0.29) is 0 Å². The van der Waals surface area contributed by atoms with Crippen LogP contribution >= 0.6 is 0 Å². The van der Waals surface area contributed by atoms with E-state index in [1.165, 1.54) is 36.6 Å². The van der Waals surface area contributed by atoms with Gasteiger partial charge in [-0.25, -0.2) is 0 Å². The molecule has 22 heavy (non-hydrogen) atoms. The number of aryl methyl sites for hydroxylation is 1. The zero-order chi connectivity index (χ0) is 15.7. The van der Waals surface area contributed by atoms with Crippen molar-refractivity contribution in [2.75, 3.05) is 20.6 Å². The summed E-state index contributed by atoms with van der Waals surface area (Å²) in [5.74, 6) is 1.65. The molecule has 2 nitrogen and oxygen atoms in total. The highest BCUT2D eigenvalue weighted by Crippen LogP contribution is 2.36. The van der Waals surface area contributed by atoms with Gasteiger partial charge in [-0.2, -0.15) is 0 Å². The summed E-state index contributed by atoms with van der Waals surface area (Å²) < 4.78 is 2.62. The van der Waals surface area contributed by atoms with E-state index in [0.29, 0.717) is 0 Å². The molecule has 1 unspecified atom stereocenters. The van der Waals surface area contributed by atoms with E-state index in [2.05, 4.69) is 61.7 Å². The Morgan fingerprint density at radius 3 is 2.73 bits per heavy atom. The molecule has 2 heteroatoms. The molecule has 3 rings (SSSR count). The molecule has 1 aliphatic rings. The molecule has 0 bridgehead atoms. The highest BCUT2D eigenvalue weighted by atomic mass is 15.1. The number of hydrogen-bond acceptors (Lipinski definition) is 1. The molecule has 1 heterocycles. The average Bonchev–Trinajstić information content (AvgIpc) is 2.81. The quantitative estimate of drug-likeness (QED) is 0.796. The van der Waals surface area contributed by atoms with Gasteiger partial charge in [0.25, 0.3) is 0 Å². The Morgan fingerprint density at radius 1 is 1.23 bits per heavy atom. The van der Waals surface area contributed by atoms with Gasteiger partial charge >= 0.3 is 0 Å². The van der Waals surface area contributed by atoms with Crippen LogP contribution in [0.1, 0.15) is 37.9 Å². The monoisotopic (exact) mass is 298 g/mol. The van der Waals surface area contributed by atoms with E-state index in [1.807, 2.05) is 0 Å². The van der Waals surface area contributed by atoms with E-state index in [1.54, 1.807) is 11.3 Å². The first-order chi connectivity index (χ1) is 10.6. The number of benzene rings is 1. The fraction of sp³-hybridized carbons (Fsp3) is 0.600. The molecule has 120 valence electrons. The minimum absolute atomic E-state index is 0.795. The summed E-state index contributed by atoms with van der Waals surface area (Å²) in [5, 5.41) is 1.51. The fourth-order valence-corrected chi connectivity index (χ4v) is 4.00. The first-order valence-corrected chi connectivity index (χ1v) is 8.81. The van der Waals surface area contributed by atoms with E-state index in [4.69, 9.17) is 0 Å². The second kappa shape index (κ2) is 6.45. The summed E-state index contributed by atoms with van der Waals surface area (Å²) in [6.07, 6.45) is 5.11. The van der Waals surface area contributed by atoms with Crippen LogP contribution in [0, 0.1) is 11.8 Å². The van der Waals surface area contributed by atoms with Gasteiger partial charge < -0.3 is 9.47 Å². The van der Waals surface area contributed by atoms with Crippen LogP contribution in [0.2, 0.25) is 0 Å². The molecule has 1 aromatic carbocycles. The predicted molar refractivity (Wildman–Crippen MR) is 95.5 cm³/mol. The van der Waals surface area contributed by atoms with Crippen molar-refractivity contribution in [2.24, 2.45) is 11.8 Å². The Labute approximate surface area is 135 Å². The van der Waals surface area contributed by atoms with Crippen molar-refractivity contribution in [1.82, 2.24) is 9.47 Å². The summed E-state index contributed by atoms with van der Waals surface area (Å²) in [5.41, 5.74) is 4.72. The predicted octanol–water partition coefficient (Wildman–Crippen LogP) is 4.35. The number of para-hydroxylation sites is 1. The third-order valence-electron chi connectivity index (χ3n) is 5.34. The van der Waals surface area contributed by atoms with E-state index >= 15 is 0 Å². The minimum atomic E-state index is 0.795. The number of aromatic nitrogens is 1. The molecule has 0 saturated carbocycles. The van der Waals surface area contributed by atoms with Crippen LogP contribution < -0.4 is 0 Å². The number of fused-ring (bicyclic) bond motifs is 3. The van der Waals surface area contributed by atoms with Crippen molar-refractivity contribution >= 4 is 10.9 Å². The van der Waals surface area contributed by atoms with Crippen molar-refractivity contribution in [3.63, 3.8) is 0 Å². The molecule has 0 aliphatic heterocycles. The third kappa shape index (κ3) is 2.94. The lowest BCUT2D eigenvalue weighted by Crippen LogP contribution is -2.21. The third-order valence-corrected chi connectivity index (χ3v) is 5.34. The molecule has 0 N–H and O–H groups in total. The van der Waals surface area contributed by atoms with Crippen molar-refractivity contribution in [3.8, 4) is 0 Å². The minimum Gasteiger partial charge on any atom is -0.344 e. The number of nitrogens with zero attached hydrogens (tertiary/aromatic N) is 2. The summed E-state index contributed by atoms with van der Waals surface area (Å²) in [6.45, 7) is 7.08. The van der Waals surface area contributed by atoms with Gasteiger partial charge in [0.2, 0.25) is 0 Å². The first kappa shape index (κ1) is 15.6. The van der Waals surface area contributed by atoms with Gasteiger partial charge in [0, 0.05) is 23.1 Å². The molecule has 0 fully saturated rings. The largest absolute Gasteiger partial charge is 0.344 e. The van der Waals surface area contributed by atoms with E-state index in [0.717, 1.165) is 24.9 Å². The van der Waals surface area contributed by atoms with Gasteiger partial charge in [-0.1, -0.05) is 32.0 Å². The lowest BCUT2D eigenvalue weighted by atomic mass is 9.80. The zero-order valence-corrected chi connectivity index (χ0v) is 14.6. The molecule has 0 radical (unpaired) electrons. The van der Waals surface area contributed by atoms with E-state index in [9.17, 15) is 0 Å². The van der Waals surface area contributed by atoms with Crippen LogP contribution in [-0.2, 0) is 19.4 Å². The van der Waals surface area contributed by atoms with E-state index < -0.39 is 0 Å². The normalized spacial score (nSPS) is 18.4. The van der Waals surface area contributed by atoms with Crippen LogP contribution in [0.25, 0.3) is 10.9 Å². The summed E-state index contributed by atoms with van der Waals surface area (Å²) in [6, 6.07) is 9.04. The Morgan fingerprint density at radius 2 is 2.00 bits per heavy atom. The van der Waals surface area contributed by atoms with Crippen molar-refractivity contribution < 1.29 is 0 Å². The summed E-state index contributed by atoms with van der Waals surface area (Å²) in [7, 11) is 4.33. The van der Waals surface area contributed by atoms with Crippen molar-refractivity contribution in [1.29, 1.82) is 0 Å². The summed E-state index contributed by atoms with van der Waals surface area (Å²) >= 11 is 0. The van der Waals surface area contributed by atoms with Crippen LogP contribution in [-0.4, -0.2) is 30.1 Å². The topological polar surface area (TPSA) is 8.17 Å². The van der Waals surface area contributed by atoms with Crippen LogP contribution in [0.15, 0.2) is 24.3 Å². The first-order valence-electron chi connectivity index (χ1n) is 8.81. The van der Waals surface area contributed by atoms with Crippen LogP contribution in [0.5, 0.6) is 0 Å². The second-order valence-electron chi connectivity index (χ2n) is 7.50. The Balaban J connectivity index is 1.95. The van der Waals surface area contributed by atoms with Gasteiger partial charge in [-0.3, -0.25) is 0 Å².